The van der Waals surface area contributed by atoms with Gasteiger partial charge in [-0.15, -0.1) is 0 Å². The van der Waals surface area contributed by atoms with Gasteiger partial charge in [0.05, 0.1) is 12.7 Å². The van der Waals surface area contributed by atoms with Crippen molar-refractivity contribution >= 4 is 11.6 Å². The molecule has 1 aliphatic heterocycles. The first-order valence-electron chi connectivity index (χ1n) is 5.48. The summed E-state index contributed by atoms with van der Waals surface area (Å²) in [4.78, 5) is 0. The van der Waals surface area contributed by atoms with Gasteiger partial charge in [-0.2, -0.15) is 0 Å². The lowest BCUT2D eigenvalue weighted by Crippen LogP contribution is -2.45. The van der Waals surface area contributed by atoms with Gasteiger partial charge in [-0.1, -0.05) is 23.7 Å². The van der Waals surface area contributed by atoms with Crippen LogP contribution in [0.5, 0.6) is 0 Å². The molecule has 2 unspecified atom stereocenters. The van der Waals surface area contributed by atoms with Crippen LogP contribution < -0.4 is 5.32 Å². The molecule has 3 rings (SSSR count). The summed E-state index contributed by atoms with van der Waals surface area (Å²) in [6, 6.07) is 6.61. The molecular weight excluding hydrogens is 210 g/mol. The van der Waals surface area contributed by atoms with Crippen LogP contribution in [0.3, 0.4) is 0 Å². The molecule has 0 radical (unpaired) electrons. The van der Waals surface area contributed by atoms with E-state index < -0.39 is 0 Å². The zero-order chi connectivity index (χ0) is 10.3. The minimum absolute atomic E-state index is 0.209. The molecule has 1 saturated heterocycles. The van der Waals surface area contributed by atoms with Crippen molar-refractivity contribution in [2.75, 3.05) is 13.2 Å². The predicted molar refractivity (Wildman–Crippen MR) is 60.3 cm³/mol. The van der Waals surface area contributed by atoms with Crippen molar-refractivity contribution in [1.82, 2.24) is 5.32 Å². The van der Waals surface area contributed by atoms with Crippen molar-refractivity contribution in [2.24, 2.45) is 0 Å². The monoisotopic (exact) mass is 223 g/mol. The van der Waals surface area contributed by atoms with Crippen LogP contribution >= 0.6 is 11.6 Å². The Labute approximate surface area is 94.6 Å². The molecule has 0 saturated carbocycles. The first-order valence-corrected chi connectivity index (χ1v) is 5.86. The van der Waals surface area contributed by atoms with Crippen molar-refractivity contribution < 1.29 is 4.74 Å². The average molecular weight is 224 g/mol. The van der Waals surface area contributed by atoms with Crippen LogP contribution in [-0.4, -0.2) is 19.2 Å². The lowest BCUT2D eigenvalue weighted by Gasteiger charge is -2.38. The Morgan fingerprint density at radius 2 is 2.33 bits per heavy atom. The predicted octanol–water partition coefficient (Wildman–Crippen LogP) is 2.32. The summed E-state index contributed by atoms with van der Waals surface area (Å²) in [7, 11) is 0. The second-order valence-electron chi connectivity index (χ2n) is 4.20. The molecule has 2 nitrogen and oxygen atoms in total. The quantitative estimate of drug-likeness (QED) is 0.729. The van der Waals surface area contributed by atoms with Gasteiger partial charge in [0.15, 0.2) is 0 Å². The van der Waals surface area contributed by atoms with Crippen molar-refractivity contribution in [3.05, 3.63) is 34.3 Å². The maximum atomic E-state index is 6.20. The Morgan fingerprint density at radius 1 is 1.40 bits per heavy atom. The molecule has 0 aromatic heterocycles. The van der Waals surface area contributed by atoms with E-state index in [0.717, 1.165) is 31.0 Å². The molecule has 1 fully saturated rings. The van der Waals surface area contributed by atoms with E-state index in [0.29, 0.717) is 6.04 Å². The number of fused-ring (bicyclic) bond motifs is 3. The highest BCUT2D eigenvalue weighted by atomic mass is 35.5. The maximum absolute atomic E-state index is 6.20. The minimum Gasteiger partial charge on any atom is -0.371 e. The Bertz CT molecular complexity index is 380. The fourth-order valence-corrected chi connectivity index (χ4v) is 2.90. The van der Waals surface area contributed by atoms with Gasteiger partial charge < -0.3 is 10.1 Å². The normalized spacial score (nSPS) is 29.4. The first-order chi connectivity index (χ1) is 7.36. The van der Waals surface area contributed by atoms with E-state index in [9.17, 15) is 0 Å². The Kier molecular flexibility index (Phi) is 2.43. The van der Waals surface area contributed by atoms with E-state index in [2.05, 4.69) is 11.4 Å². The topological polar surface area (TPSA) is 21.3 Å². The summed E-state index contributed by atoms with van der Waals surface area (Å²) in [5.41, 5.74) is 2.56. The molecule has 15 heavy (non-hydrogen) atoms. The number of ether oxygens (including phenoxy) is 1. The summed E-state index contributed by atoms with van der Waals surface area (Å²) < 4.78 is 5.84. The van der Waals surface area contributed by atoms with Gasteiger partial charge in [0.1, 0.15) is 0 Å². The summed E-state index contributed by atoms with van der Waals surface area (Å²) >= 11 is 6.20. The number of hydrogen-bond donors (Lipinski definition) is 1. The number of morpholine rings is 1. The SMILES string of the molecule is Clc1cccc2c1CCC1NCCOC21. The van der Waals surface area contributed by atoms with Crippen LogP contribution in [0.15, 0.2) is 18.2 Å². The zero-order valence-corrected chi connectivity index (χ0v) is 9.26. The average Bonchev–Trinajstić information content (AvgIpc) is 2.29. The minimum atomic E-state index is 0.209. The van der Waals surface area contributed by atoms with Gasteiger partial charge in [0, 0.05) is 17.6 Å². The molecule has 0 bridgehead atoms. The number of nitrogens with one attached hydrogen (secondary N) is 1. The van der Waals surface area contributed by atoms with Gasteiger partial charge in [0.2, 0.25) is 0 Å². The molecule has 1 heterocycles. The highest BCUT2D eigenvalue weighted by molar-refractivity contribution is 6.31. The second-order valence-corrected chi connectivity index (χ2v) is 4.61. The Morgan fingerprint density at radius 3 is 3.27 bits per heavy atom. The van der Waals surface area contributed by atoms with Gasteiger partial charge in [-0.25, -0.2) is 0 Å². The van der Waals surface area contributed by atoms with E-state index in [4.69, 9.17) is 16.3 Å². The highest BCUT2D eigenvalue weighted by Gasteiger charge is 2.32. The van der Waals surface area contributed by atoms with Crippen molar-refractivity contribution in [1.29, 1.82) is 0 Å². The Balaban J connectivity index is 2.03. The van der Waals surface area contributed by atoms with Crippen molar-refractivity contribution in [3.8, 4) is 0 Å². The molecule has 0 spiro atoms. The number of rotatable bonds is 0. The molecule has 3 heteroatoms. The standard InChI is InChI=1S/C12H14ClNO/c13-10-3-1-2-9-8(10)4-5-11-12(9)15-7-6-14-11/h1-3,11-12,14H,4-7H2. The smallest absolute Gasteiger partial charge is 0.0981 e. The van der Waals surface area contributed by atoms with Crippen molar-refractivity contribution in [3.63, 3.8) is 0 Å². The molecule has 1 aromatic carbocycles. The number of hydrogen-bond acceptors (Lipinski definition) is 2. The fourth-order valence-electron chi connectivity index (χ4n) is 2.62. The Hall–Kier alpha value is -0.570. The summed E-state index contributed by atoms with van der Waals surface area (Å²) in [5.74, 6) is 0. The second kappa shape index (κ2) is 3.78. The molecule has 1 N–H and O–H groups in total. The van der Waals surface area contributed by atoms with Gasteiger partial charge in [-0.3, -0.25) is 0 Å². The summed E-state index contributed by atoms with van der Waals surface area (Å²) in [6.07, 6.45) is 2.40. The summed E-state index contributed by atoms with van der Waals surface area (Å²) in [6.45, 7) is 1.77. The van der Waals surface area contributed by atoms with Crippen LogP contribution in [-0.2, 0) is 11.2 Å². The van der Waals surface area contributed by atoms with Crippen LogP contribution in [0.4, 0.5) is 0 Å². The highest BCUT2D eigenvalue weighted by Crippen LogP contribution is 2.37. The van der Waals surface area contributed by atoms with Gasteiger partial charge in [-0.05, 0) is 30.0 Å². The summed E-state index contributed by atoms with van der Waals surface area (Å²) in [5, 5.41) is 4.40. The van der Waals surface area contributed by atoms with Crippen LogP contribution in [0, 0.1) is 0 Å². The fraction of sp³-hybridized carbons (Fsp3) is 0.500. The molecule has 1 aliphatic carbocycles. The number of benzene rings is 1. The first kappa shape index (κ1) is 9.64. The molecule has 80 valence electrons. The van der Waals surface area contributed by atoms with Crippen LogP contribution in [0.1, 0.15) is 23.7 Å². The zero-order valence-electron chi connectivity index (χ0n) is 8.50. The van der Waals surface area contributed by atoms with Gasteiger partial charge in [0.25, 0.3) is 0 Å². The van der Waals surface area contributed by atoms with E-state index in [1.165, 1.54) is 11.1 Å². The molecular formula is C12H14ClNO. The molecule has 1 aromatic rings. The van der Waals surface area contributed by atoms with Crippen LogP contribution in [0.2, 0.25) is 5.02 Å². The third-order valence-electron chi connectivity index (χ3n) is 3.34. The third-order valence-corrected chi connectivity index (χ3v) is 3.69. The number of halogens is 1. The lowest BCUT2D eigenvalue weighted by molar-refractivity contribution is -0.0126. The van der Waals surface area contributed by atoms with Gasteiger partial charge >= 0.3 is 0 Å². The maximum Gasteiger partial charge on any atom is 0.0981 e. The van der Waals surface area contributed by atoms with Crippen molar-refractivity contribution in [2.45, 2.75) is 25.0 Å². The third kappa shape index (κ3) is 1.57. The van der Waals surface area contributed by atoms with E-state index in [1.54, 1.807) is 0 Å². The molecule has 2 atom stereocenters. The van der Waals surface area contributed by atoms with E-state index in [-0.39, 0.29) is 6.10 Å². The molecule has 0 amide bonds. The van der Waals surface area contributed by atoms with E-state index in [1.807, 2.05) is 12.1 Å². The van der Waals surface area contributed by atoms with Crippen LogP contribution in [0.25, 0.3) is 0 Å². The largest absolute Gasteiger partial charge is 0.371 e. The molecule has 2 aliphatic rings. The van der Waals surface area contributed by atoms with E-state index >= 15 is 0 Å². The lowest BCUT2D eigenvalue weighted by atomic mass is 9.85.